The molecule has 8 nitrogen and oxygen atoms in total. The van der Waals surface area contributed by atoms with Gasteiger partial charge in [0, 0.05) is 15.5 Å². The van der Waals surface area contributed by atoms with Crippen LogP contribution in [0.15, 0.2) is 29.2 Å². The lowest BCUT2D eigenvalue weighted by atomic mass is 9.95. The van der Waals surface area contributed by atoms with Crippen molar-refractivity contribution in [3.63, 3.8) is 0 Å². The SMILES string of the molecule is CCC(Sc1cccc(NC(=O)c2c(Cl)c(Cl)c(Cl)c(Cl)c2C(=O)O)c1)C(=O)Nc1sc2c(c1C(=O)OC)CCCC2. The molecule has 0 saturated heterocycles. The van der Waals surface area contributed by atoms with Gasteiger partial charge in [-0.05, 0) is 55.9 Å². The minimum absolute atomic E-state index is 0.249. The number of fused-ring (bicyclic) bond motifs is 1. The number of hydrogen-bond donors (Lipinski definition) is 3. The second-order valence-corrected chi connectivity index (χ2v) is 13.1. The van der Waals surface area contributed by atoms with E-state index in [1.165, 1.54) is 30.2 Å². The fraction of sp³-hybridized carbons (Fsp3) is 0.286. The standard InChI is InChI=1S/C28H24Cl4N2O6S2/c1-3-15(24(35)34-26-17(28(39)40-2)14-9-4-5-10-16(14)42-26)41-13-8-6-7-12(11-13)33-25(36)18-19(27(37)38)21(30)23(32)22(31)20(18)29/h6-8,11,15H,3-5,9-10H2,1-2H3,(H,33,36)(H,34,35)(H,37,38). The summed E-state index contributed by atoms with van der Waals surface area (Å²) in [6, 6.07) is 6.67. The minimum atomic E-state index is -1.51. The van der Waals surface area contributed by atoms with Crippen LogP contribution in [-0.2, 0) is 22.4 Å². The number of thioether (sulfide) groups is 1. The molecule has 4 rings (SSSR count). The van der Waals surface area contributed by atoms with E-state index in [0.29, 0.717) is 27.6 Å². The highest BCUT2D eigenvalue weighted by Gasteiger charge is 2.30. The minimum Gasteiger partial charge on any atom is -0.478 e. The van der Waals surface area contributed by atoms with Gasteiger partial charge in [-0.2, -0.15) is 0 Å². The molecule has 14 heteroatoms. The molecular formula is C28H24Cl4N2O6S2. The molecule has 0 spiro atoms. The van der Waals surface area contributed by atoms with Gasteiger partial charge in [-0.1, -0.05) is 59.4 Å². The number of halogens is 4. The van der Waals surface area contributed by atoms with Crippen LogP contribution < -0.4 is 10.6 Å². The van der Waals surface area contributed by atoms with Crippen molar-refractivity contribution in [2.24, 2.45) is 0 Å². The van der Waals surface area contributed by atoms with E-state index in [-0.39, 0.29) is 21.0 Å². The maximum absolute atomic E-state index is 13.3. The lowest BCUT2D eigenvalue weighted by Gasteiger charge is -2.16. The maximum Gasteiger partial charge on any atom is 0.341 e. The molecule has 1 atom stereocenters. The number of carbonyl (C=O) groups is 4. The van der Waals surface area contributed by atoms with E-state index in [1.807, 2.05) is 6.92 Å². The van der Waals surface area contributed by atoms with Crippen molar-refractivity contribution in [3.8, 4) is 0 Å². The molecule has 0 bridgehead atoms. The highest BCUT2D eigenvalue weighted by atomic mass is 35.5. The molecule has 42 heavy (non-hydrogen) atoms. The number of nitrogens with one attached hydrogen (secondary N) is 2. The number of thiophene rings is 1. The number of carbonyl (C=O) groups excluding carboxylic acids is 3. The summed E-state index contributed by atoms with van der Waals surface area (Å²) in [6.45, 7) is 1.87. The molecule has 0 aliphatic heterocycles. The summed E-state index contributed by atoms with van der Waals surface area (Å²) in [4.78, 5) is 52.7. The number of aromatic carboxylic acids is 1. The Morgan fingerprint density at radius 3 is 2.29 bits per heavy atom. The maximum atomic E-state index is 13.3. The van der Waals surface area contributed by atoms with Crippen LogP contribution in [0.4, 0.5) is 10.7 Å². The molecule has 1 aliphatic carbocycles. The van der Waals surface area contributed by atoms with Crippen LogP contribution >= 0.6 is 69.5 Å². The van der Waals surface area contributed by atoms with Gasteiger partial charge < -0.3 is 20.5 Å². The van der Waals surface area contributed by atoms with Gasteiger partial charge >= 0.3 is 11.9 Å². The molecule has 1 heterocycles. The number of carboxylic acids is 1. The first kappa shape index (κ1) is 32.4. The summed E-state index contributed by atoms with van der Waals surface area (Å²) in [5.74, 6) is -3.11. The lowest BCUT2D eigenvalue weighted by Crippen LogP contribution is -2.25. The molecule has 1 aliphatic rings. The lowest BCUT2D eigenvalue weighted by molar-refractivity contribution is -0.115. The summed E-state index contributed by atoms with van der Waals surface area (Å²) in [5, 5.41) is 13.9. The molecule has 3 N–H and O–H groups in total. The first-order valence-electron chi connectivity index (χ1n) is 12.7. The molecule has 0 fully saturated rings. The van der Waals surface area contributed by atoms with Gasteiger partial charge in [0.1, 0.15) is 5.00 Å². The predicted molar refractivity (Wildman–Crippen MR) is 169 cm³/mol. The molecule has 2 aromatic carbocycles. The van der Waals surface area contributed by atoms with Crippen LogP contribution in [0.25, 0.3) is 0 Å². The van der Waals surface area contributed by atoms with E-state index in [2.05, 4.69) is 10.6 Å². The fourth-order valence-electron chi connectivity index (χ4n) is 4.54. The summed E-state index contributed by atoms with van der Waals surface area (Å²) in [7, 11) is 1.32. The number of carboxylic acid groups (broad SMARTS) is 1. The molecular weight excluding hydrogens is 666 g/mol. The van der Waals surface area contributed by atoms with Gasteiger partial charge in [0.2, 0.25) is 5.91 Å². The predicted octanol–water partition coefficient (Wildman–Crippen LogP) is 8.49. The topological polar surface area (TPSA) is 122 Å². The summed E-state index contributed by atoms with van der Waals surface area (Å²) >= 11 is 27.0. The number of amides is 2. The number of hydrogen-bond acceptors (Lipinski definition) is 7. The third kappa shape index (κ3) is 6.69. The van der Waals surface area contributed by atoms with Crippen molar-refractivity contribution < 1.29 is 29.0 Å². The quantitative estimate of drug-likeness (QED) is 0.0891. The van der Waals surface area contributed by atoms with E-state index in [0.717, 1.165) is 36.1 Å². The van der Waals surface area contributed by atoms with Gasteiger partial charge in [0.15, 0.2) is 0 Å². The number of aryl methyl sites for hydroxylation is 1. The fourth-order valence-corrected chi connectivity index (χ4v) is 7.85. The first-order chi connectivity index (χ1) is 20.0. The number of ether oxygens (including phenoxy) is 1. The van der Waals surface area contributed by atoms with Crippen molar-refractivity contribution in [1.82, 2.24) is 0 Å². The van der Waals surface area contributed by atoms with Gasteiger partial charge in [0.25, 0.3) is 5.91 Å². The Morgan fingerprint density at radius 1 is 0.976 bits per heavy atom. The third-order valence-corrected chi connectivity index (χ3v) is 10.9. The Kier molecular flexibility index (Phi) is 10.7. The normalized spacial score (nSPS) is 13.2. The van der Waals surface area contributed by atoms with E-state index in [1.54, 1.807) is 24.3 Å². The van der Waals surface area contributed by atoms with Crippen LogP contribution in [0.5, 0.6) is 0 Å². The smallest absolute Gasteiger partial charge is 0.341 e. The largest absolute Gasteiger partial charge is 0.478 e. The molecule has 0 saturated carbocycles. The van der Waals surface area contributed by atoms with Crippen molar-refractivity contribution in [1.29, 1.82) is 0 Å². The van der Waals surface area contributed by atoms with E-state index in [9.17, 15) is 24.3 Å². The second kappa shape index (κ2) is 13.9. The number of rotatable bonds is 9. The Bertz CT molecular complexity index is 1590. The molecule has 1 unspecified atom stereocenters. The summed E-state index contributed by atoms with van der Waals surface area (Å²) < 4.78 is 5.00. The number of esters is 1. The molecule has 3 aromatic rings. The highest BCUT2D eigenvalue weighted by molar-refractivity contribution is 8.00. The average molecular weight is 690 g/mol. The van der Waals surface area contributed by atoms with Crippen LogP contribution in [0.1, 0.15) is 67.7 Å². The zero-order chi connectivity index (χ0) is 30.7. The Hall–Kier alpha value is -2.47. The van der Waals surface area contributed by atoms with Gasteiger partial charge in [-0.15, -0.1) is 23.1 Å². The van der Waals surface area contributed by atoms with Crippen LogP contribution in [0, 0.1) is 0 Å². The van der Waals surface area contributed by atoms with Crippen molar-refractivity contribution in [3.05, 3.63) is 71.5 Å². The first-order valence-corrected chi connectivity index (χ1v) is 15.9. The zero-order valence-corrected chi connectivity index (χ0v) is 26.9. The van der Waals surface area contributed by atoms with Crippen molar-refractivity contribution in [2.45, 2.75) is 49.2 Å². The zero-order valence-electron chi connectivity index (χ0n) is 22.2. The van der Waals surface area contributed by atoms with Crippen LogP contribution in [-0.4, -0.2) is 41.2 Å². The van der Waals surface area contributed by atoms with Crippen LogP contribution in [0.3, 0.4) is 0 Å². The highest BCUT2D eigenvalue weighted by Crippen LogP contribution is 2.42. The summed E-state index contributed by atoms with van der Waals surface area (Å²) in [5.41, 5.74) is 0.675. The molecule has 0 radical (unpaired) electrons. The molecule has 1 aromatic heterocycles. The van der Waals surface area contributed by atoms with Crippen LogP contribution in [0.2, 0.25) is 20.1 Å². The van der Waals surface area contributed by atoms with Crippen molar-refractivity contribution >= 4 is 104 Å². The van der Waals surface area contributed by atoms with E-state index in [4.69, 9.17) is 51.1 Å². The number of benzene rings is 2. The third-order valence-electron chi connectivity index (χ3n) is 6.54. The number of methoxy groups -OCH3 is 1. The van der Waals surface area contributed by atoms with Gasteiger partial charge in [-0.25, -0.2) is 9.59 Å². The number of anilines is 2. The van der Waals surface area contributed by atoms with Crippen molar-refractivity contribution in [2.75, 3.05) is 17.7 Å². The van der Waals surface area contributed by atoms with E-state index < -0.39 is 39.2 Å². The Balaban J connectivity index is 1.54. The Morgan fingerprint density at radius 2 is 1.64 bits per heavy atom. The van der Waals surface area contributed by atoms with Gasteiger partial charge in [-0.3, -0.25) is 9.59 Å². The van der Waals surface area contributed by atoms with Gasteiger partial charge in [0.05, 0.1) is 49.1 Å². The van der Waals surface area contributed by atoms with E-state index >= 15 is 0 Å². The second-order valence-electron chi connectivity index (χ2n) is 9.20. The monoisotopic (exact) mass is 688 g/mol. The summed E-state index contributed by atoms with van der Waals surface area (Å²) in [6.07, 6.45) is 4.11. The molecule has 2 amide bonds. The Labute approximate surface area is 270 Å². The average Bonchev–Trinajstić information content (AvgIpc) is 3.33. The molecule has 222 valence electrons.